The Hall–Kier alpha value is -2.09. The Morgan fingerprint density at radius 2 is 1.26 bits per heavy atom. The van der Waals surface area contributed by atoms with Gasteiger partial charge in [0.25, 0.3) is 0 Å². The van der Waals surface area contributed by atoms with E-state index in [1.165, 1.54) is 16.7 Å². The van der Waals surface area contributed by atoms with E-state index in [1.807, 2.05) is 6.92 Å². The lowest BCUT2D eigenvalue weighted by molar-refractivity contribution is -0.121. The van der Waals surface area contributed by atoms with Crippen molar-refractivity contribution in [2.24, 2.45) is 0 Å². The molecule has 0 radical (unpaired) electrons. The van der Waals surface area contributed by atoms with Crippen LogP contribution in [0.25, 0.3) is 0 Å². The largest absolute Gasteiger partial charge is 0.350 e. The van der Waals surface area contributed by atoms with E-state index in [0.29, 0.717) is 6.42 Å². The van der Waals surface area contributed by atoms with Crippen molar-refractivity contribution in [1.29, 1.82) is 0 Å². The van der Waals surface area contributed by atoms with Crippen molar-refractivity contribution in [3.05, 3.63) is 70.8 Å². The highest BCUT2D eigenvalue weighted by molar-refractivity contribution is 5.76. The molecule has 1 atom stereocenters. The number of benzene rings is 2. The van der Waals surface area contributed by atoms with E-state index < -0.39 is 0 Å². The summed E-state index contributed by atoms with van der Waals surface area (Å²) >= 11 is 0. The summed E-state index contributed by atoms with van der Waals surface area (Å²) in [7, 11) is 0. The molecule has 2 rings (SSSR count). The van der Waals surface area contributed by atoms with Crippen molar-refractivity contribution in [2.45, 2.75) is 78.2 Å². The Morgan fingerprint density at radius 1 is 0.815 bits per heavy atom. The van der Waals surface area contributed by atoms with Gasteiger partial charge in [0.05, 0.1) is 6.04 Å². The van der Waals surface area contributed by atoms with Gasteiger partial charge in [-0.3, -0.25) is 4.79 Å². The lowest BCUT2D eigenvalue weighted by Gasteiger charge is -2.21. The first-order valence-electron chi connectivity index (χ1n) is 9.96. The number of amides is 1. The molecule has 2 nitrogen and oxygen atoms in total. The third-order valence-corrected chi connectivity index (χ3v) is 5.11. The van der Waals surface area contributed by atoms with Crippen molar-refractivity contribution in [1.82, 2.24) is 5.32 Å². The zero-order valence-electron chi connectivity index (χ0n) is 18.0. The van der Waals surface area contributed by atoms with Crippen LogP contribution in [0, 0.1) is 0 Å². The van der Waals surface area contributed by atoms with Crippen molar-refractivity contribution < 1.29 is 4.79 Å². The summed E-state index contributed by atoms with van der Waals surface area (Å²) in [5.74, 6) is 0.0993. The molecule has 0 aliphatic rings. The van der Waals surface area contributed by atoms with Gasteiger partial charge in [-0.05, 0) is 46.4 Å². The van der Waals surface area contributed by atoms with Gasteiger partial charge in [-0.25, -0.2) is 0 Å². The smallest absolute Gasteiger partial charge is 0.220 e. The van der Waals surface area contributed by atoms with Crippen LogP contribution >= 0.6 is 0 Å². The molecule has 0 unspecified atom stereocenters. The van der Waals surface area contributed by atoms with Gasteiger partial charge in [0, 0.05) is 6.42 Å². The predicted molar refractivity (Wildman–Crippen MR) is 115 cm³/mol. The summed E-state index contributed by atoms with van der Waals surface area (Å²) in [4.78, 5) is 12.3. The average molecular weight is 366 g/mol. The number of rotatable bonds is 5. The molecule has 0 fully saturated rings. The third-order valence-electron chi connectivity index (χ3n) is 5.11. The number of hydrogen-bond donors (Lipinski definition) is 1. The highest BCUT2D eigenvalue weighted by Crippen LogP contribution is 2.24. The number of aryl methyl sites for hydroxylation is 1. The summed E-state index contributed by atoms with van der Waals surface area (Å²) in [6.07, 6.45) is 1.28. The Kier molecular flexibility index (Phi) is 6.51. The predicted octanol–water partition coefficient (Wildman–Crippen LogP) is 6.09. The van der Waals surface area contributed by atoms with Gasteiger partial charge in [0.15, 0.2) is 0 Å². The second kappa shape index (κ2) is 8.29. The maximum atomic E-state index is 12.3. The van der Waals surface area contributed by atoms with Gasteiger partial charge in [-0.15, -0.1) is 0 Å². The molecule has 2 heteroatoms. The van der Waals surface area contributed by atoms with Crippen LogP contribution in [-0.2, 0) is 22.0 Å². The lowest BCUT2D eigenvalue weighted by Crippen LogP contribution is -2.27. The summed E-state index contributed by atoms with van der Waals surface area (Å²) in [6.45, 7) is 15.3. The van der Waals surface area contributed by atoms with Crippen molar-refractivity contribution in [3.8, 4) is 0 Å². The number of carbonyl (C=O) groups is 1. The van der Waals surface area contributed by atoms with Gasteiger partial charge in [-0.2, -0.15) is 0 Å². The standard InChI is InChI=1S/C25H35NO/c1-18(20-11-15-22(16-12-20)25(5,6)7)26-23(27)17-10-19-8-13-21(14-9-19)24(2,3)4/h8-9,11-16,18H,10,17H2,1-7H3,(H,26,27)/t18-/m1/s1. The molecule has 0 bridgehead atoms. The molecule has 2 aromatic carbocycles. The third kappa shape index (κ3) is 6.23. The van der Waals surface area contributed by atoms with E-state index in [1.54, 1.807) is 0 Å². The van der Waals surface area contributed by atoms with E-state index in [-0.39, 0.29) is 22.8 Å². The van der Waals surface area contributed by atoms with Crippen LogP contribution < -0.4 is 5.32 Å². The van der Waals surface area contributed by atoms with Crippen LogP contribution in [0.5, 0.6) is 0 Å². The summed E-state index contributed by atoms with van der Waals surface area (Å²) in [5, 5.41) is 3.12. The molecule has 0 spiro atoms. The van der Waals surface area contributed by atoms with E-state index in [2.05, 4.69) is 95.4 Å². The lowest BCUT2D eigenvalue weighted by atomic mass is 9.86. The molecule has 0 heterocycles. The van der Waals surface area contributed by atoms with Crippen molar-refractivity contribution in [3.63, 3.8) is 0 Å². The summed E-state index contributed by atoms with van der Waals surface area (Å²) in [5.41, 5.74) is 5.29. The first kappa shape index (κ1) is 21.2. The fourth-order valence-corrected chi connectivity index (χ4v) is 3.10. The molecule has 0 aliphatic heterocycles. The fraction of sp³-hybridized carbons (Fsp3) is 0.480. The van der Waals surface area contributed by atoms with Crippen LogP contribution in [0.4, 0.5) is 0 Å². The number of nitrogens with one attached hydrogen (secondary N) is 1. The monoisotopic (exact) mass is 365 g/mol. The Balaban J connectivity index is 1.88. The molecule has 1 N–H and O–H groups in total. The minimum absolute atomic E-state index is 0.0229. The maximum Gasteiger partial charge on any atom is 0.220 e. The molecule has 0 saturated carbocycles. The highest BCUT2D eigenvalue weighted by Gasteiger charge is 2.15. The highest BCUT2D eigenvalue weighted by atomic mass is 16.1. The van der Waals surface area contributed by atoms with Gasteiger partial charge in [0.2, 0.25) is 5.91 Å². The quantitative estimate of drug-likeness (QED) is 0.682. The summed E-state index contributed by atoms with van der Waals surface area (Å²) < 4.78 is 0. The van der Waals surface area contributed by atoms with Crippen LogP contribution in [0.2, 0.25) is 0 Å². The van der Waals surface area contributed by atoms with Gasteiger partial charge in [-0.1, -0.05) is 90.1 Å². The first-order valence-corrected chi connectivity index (χ1v) is 9.96. The second-order valence-corrected chi connectivity index (χ2v) is 9.61. The zero-order chi connectivity index (χ0) is 20.2. The molecule has 0 aliphatic carbocycles. The van der Waals surface area contributed by atoms with Crippen LogP contribution in [-0.4, -0.2) is 5.91 Å². The van der Waals surface area contributed by atoms with Crippen LogP contribution in [0.1, 0.15) is 83.2 Å². The van der Waals surface area contributed by atoms with Crippen LogP contribution in [0.3, 0.4) is 0 Å². The fourth-order valence-electron chi connectivity index (χ4n) is 3.10. The van der Waals surface area contributed by atoms with E-state index in [0.717, 1.165) is 12.0 Å². The minimum atomic E-state index is 0.0229. The Bertz CT molecular complexity index is 743. The van der Waals surface area contributed by atoms with Crippen molar-refractivity contribution in [2.75, 3.05) is 0 Å². The van der Waals surface area contributed by atoms with Gasteiger partial charge >= 0.3 is 0 Å². The molecule has 2 aromatic rings. The first-order chi connectivity index (χ1) is 12.5. The normalized spacial score (nSPS) is 13.3. The van der Waals surface area contributed by atoms with Crippen LogP contribution in [0.15, 0.2) is 48.5 Å². The number of carbonyl (C=O) groups excluding carboxylic acids is 1. The second-order valence-electron chi connectivity index (χ2n) is 9.61. The Labute approximate surface area is 165 Å². The number of hydrogen-bond acceptors (Lipinski definition) is 1. The molecule has 0 aromatic heterocycles. The molecule has 0 saturated heterocycles. The summed E-state index contributed by atoms with van der Waals surface area (Å²) in [6, 6.07) is 17.2. The van der Waals surface area contributed by atoms with Gasteiger partial charge in [0.1, 0.15) is 0 Å². The van der Waals surface area contributed by atoms with Crippen molar-refractivity contribution >= 4 is 5.91 Å². The van der Waals surface area contributed by atoms with Gasteiger partial charge < -0.3 is 5.32 Å². The Morgan fingerprint density at radius 3 is 1.70 bits per heavy atom. The average Bonchev–Trinajstić information content (AvgIpc) is 2.59. The SMILES string of the molecule is C[C@@H](NC(=O)CCc1ccc(C(C)(C)C)cc1)c1ccc(C(C)(C)C)cc1. The molecule has 27 heavy (non-hydrogen) atoms. The van der Waals surface area contributed by atoms with E-state index >= 15 is 0 Å². The maximum absolute atomic E-state index is 12.3. The molecular weight excluding hydrogens is 330 g/mol. The minimum Gasteiger partial charge on any atom is -0.350 e. The molecule has 1 amide bonds. The topological polar surface area (TPSA) is 29.1 Å². The van der Waals surface area contributed by atoms with E-state index in [4.69, 9.17) is 0 Å². The molecule has 146 valence electrons. The van der Waals surface area contributed by atoms with E-state index in [9.17, 15) is 4.79 Å². The zero-order valence-corrected chi connectivity index (χ0v) is 18.0. The molecular formula is C25H35NO.